The topological polar surface area (TPSA) is 116 Å². The molecule has 0 fully saturated rings. The maximum atomic E-state index is 12.4. The smallest absolute Gasteiger partial charge is 0.292 e. The van der Waals surface area contributed by atoms with Gasteiger partial charge in [0.15, 0.2) is 0 Å². The molecule has 1 atom stereocenters. The van der Waals surface area contributed by atoms with Crippen molar-refractivity contribution in [1.29, 1.82) is 5.26 Å². The van der Waals surface area contributed by atoms with Crippen LogP contribution in [0.1, 0.15) is 13.3 Å². The third-order valence-electron chi connectivity index (χ3n) is 3.12. The first-order valence-corrected chi connectivity index (χ1v) is 7.51. The van der Waals surface area contributed by atoms with Crippen molar-refractivity contribution in [3.8, 4) is 6.07 Å². The number of nitro benzene ring substituents is 1. The van der Waals surface area contributed by atoms with Crippen LogP contribution >= 0.6 is 0 Å². The van der Waals surface area contributed by atoms with Gasteiger partial charge in [0, 0.05) is 26.2 Å². The number of rotatable bonds is 6. The molecule has 0 amide bonds. The van der Waals surface area contributed by atoms with E-state index in [0.717, 1.165) is 10.4 Å². The van der Waals surface area contributed by atoms with Crippen LogP contribution < -0.4 is 5.32 Å². The van der Waals surface area contributed by atoms with Crippen LogP contribution in [0.3, 0.4) is 0 Å². The van der Waals surface area contributed by atoms with E-state index in [1.807, 2.05) is 6.07 Å². The van der Waals surface area contributed by atoms with Gasteiger partial charge in [-0.05, 0) is 19.1 Å². The minimum Gasteiger partial charge on any atom is -0.383 e. The fourth-order valence-electron chi connectivity index (χ4n) is 1.70. The maximum Gasteiger partial charge on any atom is 0.292 e. The first-order valence-electron chi connectivity index (χ1n) is 6.06. The summed E-state index contributed by atoms with van der Waals surface area (Å²) in [6.07, 6.45) is 0.0571. The lowest BCUT2D eigenvalue weighted by molar-refractivity contribution is -0.384. The van der Waals surface area contributed by atoms with Gasteiger partial charge in [-0.1, -0.05) is 0 Å². The Balaban J connectivity index is 3.27. The minimum atomic E-state index is -3.82. The Morgan fingerprint density at radius 1 is 1.52 bits per heavy atom. The Morgan fingerprint density at radius 2 is 2.14 bits per heavy atom. The summed E-state index contributed by atoms with van der Waals surface area (Å²) in [7, 11) is -0.970. The van der Waals surface area contributed by atoms with E-state index in [1.165, 1.54) is 26.2 Å². The zero-order valence-corrected chi connectivity index (χ0v) is 12.7. The quantitative estimate of drug-likeness (QED) is 0.629. The molecule has 0 aliphatic rings. The second-order valence-corrected chi connectivity index (χ2v) is 6.42. The molecule has 1 rings (SSSR count). The molecular formula is C12H16N4O4S. The molecular weight excluding hydrogens is 296 g/mol. The van der Waals surface area contributed by atoms with Crippen LogP contribution in [0, 0.1) is 21.4 Å². The van der Waals surface area contributed by atoms with E-state index in [1.54, 1.807) is 6.92 Å². The molecule has 21 heavy (non-hydrogen) atoms. The van der Waals surface area contributed by atoms with Crippen molar-refractivity contribution in [3.63, 3.8) is 0 Å². The fraction of sp³-hybridized carbons (Fsp3) is 0.417. The molecule has 1 N–H and O–H groups in total. The normalized spacial score (nSPS) is 12.7. The molecule has 0 saturated heterocycles. The van der Waals surface area contributed by atoms with Crippen LogP contribution in [-0.4, -0.2) is 37.8 Å². The molecule has 0 saturated carbocycles. The van der Waals surface area contributed by atoms with Gasteiger partial charge in [-0.25, -0.2) is 8.42 Å². The molecule has 0 bridgehead atoms. The van der Waals surface area contributed by atoms with Crippen molar-refractivity contribution in [2.24, 2.45) is 0 Å². The molecule has 0 heterocycles. The summed E-state index contributed by atoms with van der Waals surface area (Å²) in [5.74, 6) is 0. The SMILES string of the molecule is CNc1cc(S(=O)(=O)N(C)C(C)CC#N)ccc1[N+](=O)[O-]. The summed E-state index contributed by atoms with van der Waals surface area (Å²) < 4.78 is 25.9. The Kier molecular flexibility index (Phi) is 5.23. The number of nitriles is 1. The van der Waals surface area contributed by atoms with Crippen molar-refractivity contribution in [1.82, 2.24) is 4.31 Å². The highest BCUT2D eigenvalue weighted by atomic mass is 32.2. The molecule has 1 aromatic carbocycles. The summed E-state index contributed by atoms with van der Waals surface area (Å²) in [6.45, 7) is 1.62. The number of sulfonamides is 1. The van der Waals surface area contributed by atoms with E-state index >= 15 is 0 Å². The Bertz CT molecular complexity index is 681. The third kappa shape index (κ3) is 3.48. The van der Waals surface area contributed by atoms with Gasteiger partial charge in [-0.3, -0.25) is 10.1 Å². The standard InChI is InChI=1S/C12H16N4O4S/c1-9(6-7-13)15(3)21(19,20)10-4-5-12(16(17)18)11(8-10)14-2/h4-5,8-9,14H,6H2,1-3H3. The third-order valence-corrected chi connectivity index (χ3v) is 5.09. The molecule has 0 aliphatic carbocycles. The van der Waals surface area contributed by atoms with Gasteiger partial charge in [0.05, 0.1) is 22.3 Å². The van der Waals surface area contributed by atoms with E-state index in [9.17, 15) is 18.5 Å². The largest absolute Gasteiger partial charge is 0.383 e. The molecule has 0 radical (unpaired) electrons. The molecule has 0 aromatic heterocycles. The van der Waals surface area contributed by atoms with Crippen LogP contribution in [-0.2, 0) is 10.0 Å². The van der Waals surface area contributed by atoms with Gasteiger partial charge in [0.25, 0.3) is 5.69 Å². The molecule has 8 nitrogen and oxygen atoms in total. The number of hydrogen-bond donors (Lipinski definition) is 1. The number of nitro groups is 1. The molecule has 0 spiro atoms. The summed E-state index contributed by atoms with van der Waals surface area (Å²) >= 11 is 0. The number of benzene rings is 1. The molecule has 1 aromatic rings. The lowest BCUT2D eigenvalue weighted by Gasteiger charge is -2.22. The zero-order valence-electron chi connectivity index (χ0n) is 11.9. The van der Waals surface area contributed by atoms with Crippen molar-refractivity contribution >= 4 is 21.4 Å². The lowest BCUT2D eigenvalue weighted by Crippen LogP contribution is -2.34. The first kappa shape index (κ1) is 16.9. The average Bonchev–Trinajstić information content (AvgIpc) is 2.45. The minimum absolute atomic E-state index is 0.0571. The Morgan fingerprint density at radius 3 is 2.62 bits per heavy atom. The Hall–Kier alpha value is -2.18. The molecule has 1 unspecified atom stereocenters. The number of anilines is 1. The van der Waals surface area contributed by atoms with Gasteiger partial charge in [-0.2, -0.15) is 9.57 Å². The van der Waals surface area contributed by atoms with E-state index in [2.05, 4.69) is 5.32 Å². The zero-order chi connectivity index (χ0) is 16.2. The van der Waals surface area contributed by atoms with Gasteiger partial charge in [0.1, 0.15) is 5.69 Å². The van der Waals surface area contributed by atoms with E-state index in [-0.39, 0.29) is 22.7 Å². The number of nitrogens with zero attached hydrogens (tertiary/aromatic N) is 3. The maximum absolute atomic E-state index is 12.4. The van der Waals surface area contributed by atoms with Gasteiger partial charge >= 0.3 is 0 Å². The summed E-state index contributed by atoms with van der Waals surface area (Å²) in [6, 6.07) is 4.95. The van der Waals surface area contributed by atoms with Crippen molar-refractivity contribution in [2.45, 2.75) is 24.3 Å². The van der Waals surface area contributed by atoms with Crippen molar-refractivity contribution in [2.75, 3.05) is 19.4 Å². The van der Waals surface area contributed by atoms with Crippen LogP contribution in [0.5, 0.6) is 0 Å². The predicted octanol–water partition coefficient (Wildman–Crippen LogP) is 1.56. The highest BCUT2D eigenvalue weighted by molar-refractivity contribution is 7.89. The van der Waals surface area contributed by atoms with E-state index in [4.69, 9.17) is 5.26 Å². The van der Waals surface area contributed by atoms with Crippen molar-refractivity contribution < 1.29 is 13.3 Å². The Labute approximate surface area is 123 Å². The highest BCUT2D eigenvalue weighted by Crippen LogP contribution is 2.28. The van der Waals surface area contributed by atoms with E-state index < -0.39 is 21.0 Å². The fourth-order valence-corrected chi connectivity index (χ4v) is 3.09. The second kappa shape index (κ2) is 6.51. The van der Waals surface area contributed by atoms with Crippen molar-refractivity contribution in [3.05, 3.63) is 28.3 Å². The molecule has 9 heteroatoms. The predicted molar refractivity (Wildman–Crippen MR) is 77.3 cm³/mol. The first-order chi connectivity index (χ1) is 9.75. The van der Waals surface area contributed by atoms with Crippen LogP contribution in [0.2, 0.25) is 0 Å². The lowest BCUT2D eigenvalue weighted by atomic mass is 10.3. The van der Waals surface area contributed by atoms with Gasteiger partial charge in [-0.15, -0.1) is 0 Å². The second-order valence-electron chi connectivity index (χ2n) is 4.42. The summed E-state index contributed by atoms with van der Waals surface area (Å²) in [5, 5.41) is 22.1. The monoisotopic (exact) mass is 312 g/mol. The van der Waals surface area contributed by atoms with E-state index in [0.29, 0.717) is 0 Å². The van der Waals surface area contributed by atoms with Crippen LogP contribution in [0.4, 0.5) is 11.4 Å². The van der Waals surface area contributed by atoms with Crippen LogP contribution in [0.25, 0.3) is 0 Å². The molecule has 0 aliphatic heterocycles. The number of nitrogens with one attached hydrogen (secondary N) is 1. The summed E-state index contributed by atoms with van der Waals surface area (Å²) in [4.78, 5) is 10.2. The molecule has 114 valence electrons. The average molecular weight is 312 g/mol. The van der Waals surface area contributed by atoms with Crippen LogP contribution in [0.15, 0.2) is 23.1 Å². The van der Waals surface area contributed by atoms with Gasteiger partial charge < -0.3 is 5.32 Å². The highest BCUT2D eigenvalue weighted by Gasteiger charge is 2.27. The number of hydrogen-bond acceptors (Lipinski definition) is 6. The summed E-state index contributed by atoms with van der Waals surface area (Å²) in [5.41, 5.74) is -0.0911. The van der Waals surface area contributed by atoms with Gasteiger partial charge in [0.2, 0.25) is 10.0 Å².